The fraction of sp³-hybridized carbons (Fsp3) is 0.455. The van der Waals surface area contributed by atoms with Crippen molar-refractivity contribution in [3.8, 4) is 0 Å². The van der Waals surface area contributed by atoms with Crippen molar-refractivity contribution in [2.75, 3.05) is 25.4 Å². The zero-order valence-electron chi connectivity index (χ0n) is 9.80. The van der Waals surface area contributed by atoms with Crippen LogP contribution in [0.2, 0.25) is 0 Å². The fourth-order valence-corrected chi connectivity index (χ4v) is 1.57. The summed E-state index contributed by atoms with van der Waals surface area (Å²) in [5.74, 6) is 0. The summed E-state index contributed by atoms with van der Waals surface area (Å²) in [6.45, 7) is 3.80. The van der Waals surface area contributed by atoms with Gasteiger partial charge in [-0.05, 0) is 18.2 Å². The number of nitro groups is 1. The van der Waals surface area contributed by atoms with E-state index in [1.54, 1.807) is 6.07 Å². The highest BCUT2D eigenvalue weighted by Crippen LogP contribution is 2.20. The van der Waals surface area contributed by atoms with Crippen molar-refractivity contribution < 1.29 is 10.0 Å². The molecule has 1 aromatic rings. The van der Waals surface area contributed by atoms with Gasteiger partial charge in [0.15, 0.2) is 0 Å². The third kappa shape index (κ3) is 3.69. The van der Waals surface area contributed by atoms with Crippen LogP contribution in [0.5, 0.6) is 0 Å². The Morgan fingerprint density at radius 2 is 2.24 bits per heavy atom. The van der Waals surface area contributed by atoms with Gasteiger partial charge in [-0.25, -0.2) is 0 Å². The Morgan fingerprint density at radius 1 is 1.53 bits per heavy atom. The molecule has 0 heterocycles. The Balaban J connectivity index is 2.88. The van der Waals surface area contributed by atoms with Crippen LogP contribution in [0.1, 0.15) is 12.5 Å². The van der Waals surface area contributed by atoms with Gasteiger partial charge >= 0.3 is 0 Å². The molecular weight excluding hydrogens is 222 g/mol. The Morgan fingerprint density at radius 3 is 2.76 bits per heavy atom. The van der Waals surface area contributed by atoms with Crippen molar-refractivity contribution in [2.45, 2.75) is 13.5 Å². The van der Waals surface area contributed by atoms with Crippen LogP contribution in [-0.2, 0) is 6.54 Å². The summed E-state index contributed by atoms with van der Waals surface area (Å²) >= 11 is 0. The number of nitrogens with zero attached hydrogens (tertiary/aromatic N) is 2. The van der Waals surface area contributed by atoms with Crippen LogP contribution < -0.4 is 5.73 Å². The molecule has 94 valence electrons. The number of anilines is 1. The molecule has 0 saturated heterocycles. The molecule has 1 aromatic carbocycles. The minimum Gasteiger partial charge on any atom is -0.398 e. The highest BCUT2D eigenvalue weighted by molar-refractivity contribution is 5.52. The first-order valence-corrected chi connectivity index (χ1v) is 5.44. The molecule has 6 heteroatoms. The first-order valence-electron chi connectivity index (χ1n) is 5.44. The first kappa shape index (κ1) is 13.4. The smallest absolute Gasteiger partial charge is 0.269 e. The highest BCUT2D eigenvalue weighted by Gasteiger charge is 2.11. The Bertz CT molecular complexity index is 396. The van der Waals surface area contributed by atoms with Gasteiger partial charge in [-0.3, -0.25) is 15.0 Å². The maximum absolute atomic E-state index is 10.7. The highest BCUT2D eigenvalue weighted by atomic mass is 16.6. The predicted octanol–water partition coefficient (Wildman–Crippen LogP) is 0.991. The van der Waals surface area contributed by atoms with E-state index in [0.29, 0.717) is 18.8 Å². The number of likely N-dealkylation sites (N-methyl/N-ethyl adjacent to an activating group) is 1. The lowest BCUT2D eigenvalue weighted by atomic mass is 10.1. The zero-order chi connectivity index (χ0) is 12.8. The summed E-state index contributed by atoms with van der Waals surface area (Å²) < 4.78 is 0. The molecule has 0 spiro atoms. The zero-order valence-corrected chi connectivity index (χ0v) is 9.80. The number of nitrogens with two attached hydrogens (primary N) is 1. The van der Waals surface area contributed by atoms with E-state index in [1.807, 2.05) is 11.8 Å². The van der Waals surface area contributed by atoms with Crippen LogP contribution in [0.3, 0.4) is 0 Å². The summed E-state index contributed by atoms with van der Waals surface area (Å²) in [6, 6.07) is 4.41. The molecule has 0 bridgehead atoms. The van der Waals surface area contributed by atoms with Gasteiger partial charge in [0.25, 0.3) is 5.69 Å². The molecule has 0 aromatic heterocycles. The third-order valence-corrected chi connectivity index (χ3v) is 2.59. The number of hydrogen-bond acceptors (Lipinski definition) is 5. The molecule has 0 amide bonds. The van der Waals surface area contributed by atoms with Crippen molar-refractivity contribution in [1.29, 1.82) is 0 Å². The van der Waals surface area contributed by atoms with E-state index >= 15 is 0 Å². The summed E-state index contributed by atoms with van der Waals surface area (Å²) in [5, 5.41) is 19.5. The van der Waals surface area contributed by atoms with E-state index in [9.17, 15) is 10.1 Å². The van der Waals surface area contributed by atoms with Crippen molar-refractivity contribution in [3.63, 3.8) is 0 Å². The van der Waals surface area contributed by atoms with Gasteiger partial charge in [-0.1, -0.05) is 6.92 Å². The van der Waals surface area contributed by atoms with Crippen LogP contribution in [0, 0.1) is 10.1 Å². The summed E-state index contributed by atoms with van der Waals surface area (Å²) in [6.07, 6.45) is 0. The predicted molar refractivity (Wildman–Crippen MR) is 65.5 cm³/mol. The molecule has 0 aliphatic carbocycles. The van der Waals surface area contributed by atoms with Crippen LogP contribution >= 0.6 is 0 Å². The minimum atomic E-state index is -0.439. The second kappa shape index (κ2) is 6.17. The van der Waals surface area contributed by atoms with Crippen LogP contribution in [0.15, 0.2) is 18.2 Å². The number of hydrogen-bond donors (Lipinski definition) is 2. The molecule has 0 unspecified atom stereocenters. The Labute approximate surface area is 99.8 Å². The normalized spacial score (nSPS) is 10.8. The molecule has 0 atom stereocenters. The van der Waals surface area contributed by atoms with Gasteiger partial charge in [0, 0.05) is 30.9 Å². The topological polar surface area (TPSA) is 92.6 Å². The number of aliphatic hydroxyl groups excluding tert-OH is 1. The van der Waals surface area contributed by atoms with Crippen molar-refractivity contribution in [1.82, 2.24) is 4.90 Å². The lowest BCUT2D eigenvalue weighted by Crippen LogP contribution is -2.26. The monoisotopic (exact) mass is 239 g/mol. The number of nitrogen functional groups attached to an aromatic ring is 1. The fourth-order valence-electron chi connectivity index (χ4n) is 1.57. The average Bonchev–Trinajstić information content (AvgIpc) is 2.30. The molecule has 1 rings (SSSR count). The number of benzene rings is 1. The van der Waals surface area contributed by atoms with Crippen molar-refractivity contribution >= 4 is 11.4 Å². The van der Waals surface area contributed by atoms with Gasteiger partial charge < -0.3 is 10.8 Å². The van der Waals surface area contributed by atoms with Gasteiger partial charge in [0.05, 0.1) is 11.5 Å². The average molecular weight is 239 g/mol. The van der Waals surface area contributed by atoms with Crippen molar-refractivity contribution in [2.24, 2.45) is 0 Å². The second-order valence-corrected chi connectivity index (χ2v) is 3.73. The standard InChI is InChI=1S/C11H17N3O3/c1-2-13(5-6-15)8-9-7-10(14(16)17)3-4-11(9)12/h3-4,7,15H,2,5-6,8,12H2,1H3. The SMILES string of the molecule is CCN(CCO)Cc1cc([N+](=O)[O-])ccc1N. The number of aliphatic hydroxyl groups is 1. The van der Waals surface area contributed by atoms with E-state index < -0.39 is 4.92 Å². The van der Waals surface area contributed by atoms with E-state index in [0.717, 1.165) is 12.1 Å². The number of non-ortho nitro benzene ring substituents is 1. The van der Waals surface area contributed by atoms with Gasteiger partial charge in [-0.2, -0.15) is 0 Å². The molecule has 0 aliphatic rings. The summed E-state index contributed by atoms with van der Waals surface area (Å²) in [5.41, 5.74) is 7.06. The molecule has 17 heavy (non-hydrogen) atoms. The summed E-state index contributed by atoms with van der Waals surface area (Å²) in [7, 11) is 0. The maximum Gasteiger partial charge on any atom is 0.269 e. The van der Waals surface area contributed by atoms with Gasteiger partial charge in [0.2, 0.25) is 0 Å². The van der Waals surface area contributed by atoms with Crippen LogP contribution in [0.25, 0.3) is 0 Å². The van der Waals surface area contributed by atoms with Crippen LogP contribution in [0.4, 0.5) is 11.4 Å². The molecule has 0 radical (unpaired) electrons. The second-order valence-electron chi connectivity index (χ2n) is 3.73. The van der Waals surface area contributed by atoms with E-state index in [4.69, 9.17) is 10.8 Å². The van der Waals surface area contributed by atoms with E-state index in [2.05, 4.69) is 0 Å². The largest absolute Gasteiger partial charge is 0.398 e. The minimum absolute atomic E-state index is 0.0363. The van der Waals surface area contributed by atoms with Crippen molar-refractivity contribution in [3.05, 3.63) is 33.9 Å². The lowest BCUT2D eigenvalue weighted by Gasteiger charge is -2.19. The molecule has 6 nitrogen and oxygen atoms in total. The molecule has 0 fully saturated rings. The quantitative estimate of drug-likeness (QED) is 0.438. The van der Waals surface area contributed by atoms with E-state index in [1.165, 1.54) is 12.1 Å². The number of rotatable bonds is 6. The Kier molecular flexibility index (Phi) is 4.86. The summed E-state index contributed by atoms with van der Waals surface area (Å²) in [4.78, 5) is 12.2. The van der Waals surface area contributed by atoms with Gasteiger partial charge in [-0.15, -0.1) is 0 Å². The molecule has 0 aliphatic heterocycles. The van der Waals surface area contributed by atoms with E-state index in [-0.39, 0.29) is 12.3 Å². The number of nitro benzene ring substituents is 1. The maximum atomic E-state index is 10.7. The van der Waals surface area contributed by atoms with Gasteiger partial charge in [0.1, 0.15) is 0 Å². The first-order chi connectivity index (χ1) is 8.08. The Hall–Kier alpha value is -1.66. The third-order valence-electron chi connectivity index (χ3n) is 2.59. The molecule has 3 N–H and O–H groups in total. The molecular formula is C11H17N3O3. The van der Waals surface area contributed by atoms with Crippen LogP contribution in [-0.4, -0.2) is 34.6 Å². The lowest BCUT2D eigenvalue weighted by molar-refractivity contribution is -0.384. The molecule has 0 saturated carbocycles.